The van der Waals surface area contributed by atoms with Crippen LogP contribution in [0.4, 0.5) is 0 Å². The molecule has 23 heavy (non-hydrogen) atoms. The van der Waals surface area contributed by atoms with Crippen LogP contribution in [0.2, 0.25) is 0 Å². The van der Waals surface area contributed by atoms with Crippen LogP contribution < -0.4 is 10.5 Å². The molecule has 2 N–H and O–H groups in total. The average Bonchev–Trinajstić information content (AvgIpc) is 2.51. The Morgan fingerprint density at radius 1 is 1.52 bits per heavy atom. The molecule has 1 aromatic carbocycles. The lowest BCUT2D eigenvalue weighted by atomic mass is 9.72. The number of Topliss-reactive ketones (excluding diaryl/α,β-unsaturated/α-hetero) is 1. The van der Waals surface area contributed by atoms with Crippen molar-refractivity contribution in [3.05, 3.63) is 51.4 Å². The third kappa shape index (κ3) is 2.88. The SMILES string of the molecule is CC(=O)CCC(C)(C1C(C#N)=C(N)Oc2ccccc21)[N+](=O)[O-]. The van der Waals surface area contributed by atoms with Gasteiger partial charge in [-0.1, -0.05) is 18.2 Å². The van der Waals surface area contributed by atoms with Gasteiger partial charge in [0.15, 0.2) is 0 Å². The van der Waals surface area contributed by atoms with Gasteiger partial charge in [-0.2, -0.15) is 5.26 Å². The summed E-state index contributed by atoms with van der Waals surface area (Å²) in [7, 11) is 0. The highest BCUT2D eigenvalue weighted by molar-refractivity contribution is 5.75. The molecule has 7 heteroatoms. The van der Waals surface area contributed by atoms with Gasteiger partial charge in [-0.05, 0) is 13.0 Å². The number of hydrogen-bond acceptors (Lipinski definition) is 6. The number of rotatable bonds is 5. The quantitative estimate of drug-likeness (QED) is 0.657. The topological polar surface area (TPSA) is 119 Å². The number of hydrogen-bond donors (Lipinski definition) is 1. The van der Waals surface area contributed by atoms with Crippen LogP contribution >= 0.6 is 0 Å². The number of nitriles is 1. The van der Waals surface area contributed by atoms with E-state index in [1.54, 1.807) is 24.3 Å². The van der Waals surface area contributed by atoms with E-state index in [0.29, 0.717) is 11.3 Å². The molecule has 0 aromatic heterocycles. The van der Waals surface area contributed by atoms with Gasteiger partial charge >= 0.3 is 0 Å². The maximum absolute atomic E-state index is 11.8. The summed E-state index contributed by atoms with van der Waals surface area (Å²) in [5.41, 5.74) is 4.80. The molecule has 0 saturated carbocycles. The third-order valence-electron chi connectivity index (χ3n) is 4.15. The van der Waals surface area contributed by atoms with Gasteiger partial charge < -0.3 is 15.3 Å². The third-order valence-corrected chi connectivity index (χ3v) is 4.15. The summed E-state index contributed by atoms with van der Waals surface area (Å²) in [5, 5.41) is 21.2. The standard InChI is InChI=1S/C16H17N3O4/c1-10(20)7-8-16(2,19(21)22)14-11-5-3-4-6-13(11)23-15(18)12(14)9-17/h3-6,14H,7-8,18H2,1-2H3. The normalized spacial score (nSPS) is 19.1. The van der Waals surface area contributed by atoms with Crippen molar-refractivity contribution in [3.63, 3.8) is 0 Å². The minimum atomic E-state index is -1.54. The maximum atomic E-state index is 11.8. The van der Waals surface area contributed by atoms with Crippen molar-refractivity contribution in [2.24, 2.45) is 5.73 Å². The van der Waals surface area contributed by atoms with Crippen molar-refractivity contribution in [1.82, 2.24) is 0 Å². The Labute approximate surface area is 133 Å². The number of ketones is 1. The van der Waals surface area contributed by atoms with Crippen LogP contribution in [-0.2, 0) is 4.79 Å². The van der Waals surface area contributed by atoms with Crippen LogP contribution in [0.1, 0.15) is 38.2 Å². The summed E-state index contributed by atoms with van der Waals surface area (Å²) in [5.74, 6) is -0.752. The van der Waals surface area contributed by atoms with Crippen LogP contribution in [0.15, 0.2) is 35.7 Å². The smallest absolute Gasteiger partial charge is 0.231 e. The lowest BCUT2D eigenvalue weighted by molar-refractivity contribution is -0.569. The molecule has 1 heterocycles. The van der Waals surface area contributed by atoms with E-state index in [1.807, 2.05) is 6.07 Å². The maximum Gasteiger partial charge on any atom is 0.231 e. The molecule has 2 rings (SSSR count). The fourth-order valence-corrected chi connectivity index (χ4v) is 2.82. The number of nitro groups is 1. The first-order valence-corrected chi connectivity index (χ1v) is 7.11. The Balaban J connectivity index is 2.62. The van der Waals surface area contributed by atoms with E-state index in [9.17, 15) is 20.2 Å². The van der Waals surface area contributed by atoms with E-state index >= 15 is 0 Å². The van der Waals surface area contributed by atoms with E-state index in [0.717, 1.165) is 0 Å². The molecule has 0 fully saturated rings. The van der Waals surface area contributed by atoms with Gasteiger partial charge in [0, 0.05) is 30.3 Å². The van der Waals surface area contributed by atoms with E-state index in [-0.39, 0.29) is 30.1 Å². The van der Waals surface area contributed by atoms with Crippen molar-refractivity contribution in [2.75, 3.05) is 0 Å². The lowest BCUT2D eigenvalue weighted by Gasteiger charge is -2.33. The van der Waals surface area contributed by atoms with Crippen molar-refractivity contribution in [2.45, 2.75) is 38.1 Å². The van der Waals surface area contributed by atoms with Crippen LogP contribution in [0, 0.1) is 21.4 Å². The Hall–Kier alpha value is -2.88. The summed E-state index contributed by atoms with van der Waals surface area (Å²) < 4.78 is 5.41. The monoisotopic (exact) mass is 315 g/mol. The second-order valence-electron chi connectivity index (χ2n) is 5.78. The molecule has 0 bridgehead atoms. The van der Waals surface area contributed by atoms with Crippen molar-refractivity contribution < 1.29 is 14.5 Å². The van der Waals surface area contributed by atoms with Crippen LogP contribution in [-0.4, -0.2) is 16.2 Å². The molecular formula is C16H17N3O4. The molecule has 120 valence electrons. The van der Waals surface area contributed by atoms with Crippen molar-refractivity contribution in [1.29, 1.82) is 5.26 Å². The number of carbonyl (C=O) groups excluding carboxylic acids is 1. The minimum absolute atomic E-state index is 0.00674. The molecule has 0 saturated heterocycles. The minimum Gasteiger partial charge on any atom is -0.440 e. The Kier molecular flexibility index (Phi) is 4.36. The zero-order valence-electron chi connectivity index (χ0n) is 12.9. The van der Waals surface area contributed by atoms with Crippen LogP contribution in [0.5, 0.6) is 5.75 Å². The fourth-order valence-electron chi connectivity index (χ4n) is 2.82. The first-order valence-electron chi connectivity index (χ1n) is 7.11. The molecule has 1 aliphatic rings. The highest BCUT2D eigenvalue weighted by Crippen LogP contribution is 2.46. The summed E-state index contributed by atoms with van der Waals surface area (Å²) >= 11 is 0. The van der Waals surface area contributed by atoms with Gasteiger partial charge in [-0.25, -0.2) is 0 Å². The number of ether oxygens (including phenoxy) is 1. The van der Waals surface area contributed by atoms with Gasteiger partial charge in [-0.3, -0.25) is 10.1 Å². The average molecular weight is 315 g/mol. The highest BCUT2D eigenvalue weighted by atomic mass is 16.6. The fraction of sp³-hybridized carbons (Fsp3) is 0.375. The lowest BCUT2D eigenvalue weighted by Crippen LogP contribution is -2.44. The molecule has 0 spiro atoms. The second kappa shape index (κ2) is 6.08. The van der Waals surface area contributed by atoms with Gasteiger partial charge in [0.05, 0.1) is 5.92 Å². The predicted octanol–water partition coefficient (Wildman–Crippen LogP) is 2.26. The van der Waals surface area contributed by atoms with Gasteiger partial charge in [-0.15, -0.1) is 0 Å². The summed E-state index contributed by atoms with van der Waals surface area (Å²) in [4.78, 5) is 22.7. The Bertz CT molecular complexity index is 735. The predicted molar refractivity (Wildman–Crippen MR) is 82.0 cm³/mol. The molecule has 7 nitrogen and oxygen atoms in total. The molecular weight excluding hydrogens is 298 g/mol. The molecule has 2 atom stereocenters. The summed E-state index contributed by atoms with van der Waals surface area (Å²) in [6, 6.07) is 8.70. The summed E-state index contributed by atoms with van der Waals surface area (Å²) in [6.07, 6.45) is 0.0579. The number of nitrogens with two attached hydrogens (primary N) is 1. The van der Waals surface area contributed by atoms with Crippen LogP contribution in [0.3, 0.4) is 0 Å². The first-order chi connectivity index (χ1) is 10.8. The molecule has 0 amide bonds. The number of fused-ring (bicyclic) bond motifs is 1. The van der Waals surface area contributed by atoms with Crippen LogP contribution in [0.25, 0.3) is 0 Å². The number of carbonyl (C=O) groups is 1. The van der Waals surface area contributed by atoms with Crippen molar-refractivity contribution in [3.8, 4) is 11.8 Å². The van der Waals surface area contributed by atoms with Gasteiger partial charge in [0.1, 0.15) is 23.2 Å². The van der Waals surface area contributed by atoms with Gasteiger partial charge in [0.25, 0.3) is 0 Å². The number of benzene rings is 1. The second-order valence-corrected chi connectivity index (χ2v) is 5.78. The Morgan fingerprint density at radius 2 is 2.17 bits per heavy atom. The van der Waals surface area contributed by atoms with E-state index in [1.165, 1.54) is 13.8 Å². The first kappa shape index (κ1) is 16.5. The molecule has 0 radical (unpaired) electrons. The number of nitrogens with zero attached hydrogens (tertiary/aromatic N) is 2. The molecule has 1 aliphatic heterocycles. The summed E-state index contributed by atoms with van der Waals surface area (Å²) in [6.45, 7) is 2.82. The zero-order chi connectivity index (χ0) is 17.2. The molecule has 1 aromatic rings. The highest BCUT2D eigenvalue weighted by Gasteiger charge is 2.51. The van der Waals surface area contributed by atoms with E-state index in [4.69, 9.17) is 10.5 Å². The number of para-hydroxylation sites is 1. The van der Waals surface area contributed by atoms with E-state index in [2.05, 4.69) is 0 Å². The largest absolute Gasteiger partial charge is 0.440 e. The zero-order valence-corrected chi connectivity index (χ0v) is 12.9. The van der Waals surface area contributed by atoms with E-state index < -0.39 is 16.4 Å². The molecule has 2 unspecified atom stereocenters. The Morgan fingerprint density at radius 3 is 2.74 bits per heavy atom. The van der Waals surface area contributed by atoms with Crippen molar-refractivity contribution >= 4 is 5.78 Å². The molecule has 0 aliphatic carbocycles. The van der Waals surface area contributed by atoms with Gasteiger partial charge in [0.2, 0.25) is 11.4 Å².